The molecule has 0 aliphatic heterocycles. The van der Waals surface area contributed by atoms with Crippen molar-refractivity contribution >= 4 is 29.2 Å². The lowest BCUT2D eigenvalue weighted by Crippen LogP contribution is -2.16. The largest absolute Gasteiger partial charge is 0.491 e. The Morgan fingerprint density at radius 1 is 1.31 bits per heavy atom. The molecule has 0 aliphatic carbocycles. The molecule has 0 aliphatic rings. The van der Waals surface area contributed by atoms with Gasteiger partial charge in [-0.05, 0) is 25.1 Å². The fourth-order valence-corrected chi connectivity index (χ4v) is 2.32. The van der Waals surface area contributed by atoms with E-state index in [2.05, 4.69) is 10.2 Å². The monoisotopic (exact) mass is 383 g/mol. The summed E-state index contributed by atoms with van der Waals surface area (Å²) in [4.78, 5) is 24.2. The number of halogens is 1. The van der Waals surface area contributed by atoms with Crippen molar-refractivity contribution in [2.45, 2.75) is 14.4 Å². The summed E-state index contributed by atoms with van der Waals surface area (Å²) in [6, 6.07) is 4.64. The molecular weight excluding hydrogens is 362 g/mol. The summed E-state index contributed by atoms with van der Waals surface area (Å²) in [5, 5.41) is 6.47. The van der Waals surface area contributed by atoms with Crippen LogP contribution >= 0.6 is 11.6 Å². The lowest BCUT2D eigenvalue weighted by Gasteiger charge is -2.09. The van der Waals surface area contributed by atoms with Crippen molar-refractivity contribution in [2.24, 2.45) is 0 Å². The van der Waals surface area contributed by atoms with Crippen molar-refractivity contribution in [1.82, 2.24) is 10.2 Å². The van der Waals surface area contributed by atoms with E-state index in [1.807, 2.05) is 0 Å². The van der Waals surface area contributed by atoms with Crippen LogP contribution in [0.25, 0.3) is 0 Å². The number of nitrogen functional groups attached to an aromatic ring is 1. The normalized spacial score (nSPS) is 10.1. The van der Waals surface area contributed by atoms with E-state index in [9.17, 15) is 9.59 Å². The Bertz CT molecular complexity index is 756. The van der Waals surface area contributed by atoms with E-state index in [1.54, 1.807) is 20.1 Å². The minimum Gasteiger partial charge on any atom is -0.491 e. The Morgan fingerprint density at radius 3 is 2.62 bits per heavy atom. The number of carbonyl (C=O) groups is 2. The quantitative estimate of drug-likeness (QED) is 0.409. The number of nitrogens with one attached hydrogen (secondary N) is 1. The SMILES string of the molecule is C.COCCOc1ccc(C(=O)COC(=O)c2c(N)n[nH]c2C)c(Cl)c1. The second-order valence-electron chi connectivity index (χ2n) is 5.09. The summed E-state index contributed by atoms with van der Waals surface area (Å²) >= 11 is 6.09. The molecule has 3 N–H and O–H groups in total. The van der Waals surface area contributed by atoms with Crippen LogP contribution in [0.5, 0.6) is 5.75 Å². The molecule has 8 nitrogen and oxygen atoms in total. The Labute approximate surface area is 156 Å². The first-order valence-electron chi connectivity index (χ1n) is 7.36. The van der Waals surface area contributed by atoms with Gasteiger partial charge in [0.1, 0.15) is 17.9 Å². The standard InChI is InChI=1S/C16H18ClN3O5.CH4/c1-9-14(15(18)20-19-9)16(22)25-8-13(21)11-4-3-10(7-12(11)17)24-6-5-23-2;/h3-4,7H,5-6,8H2,1-2H3,(H3,18,19,20);1H4. The molecule has 2 aromatic rings. The van der Waals surface area contributed by atoms with E-state index >= 15 is 0 Å². The summed E-state index contributed by atoms with van der Waals surface area (Å²) < 4.78 is 15.3. The Balaban J connectivity index is 0.00000338. The molecule has 26 heavy (non-hydrogen) atoms. The first-order valence-corrected chi connectivity index (χ1v) is 7.74. The van der Waals surface area contributed by atoms with Gasteiger partial charge >= 0.3 is 5.97 Å². The van der Waals surface area contributed by atoms with Crippen LogP contribution in [0.2, 0.25) is 5.02 Å². The van der Waals surface area contributed by atoms with E-state index in [4.69, 9.17) is 31.5 Å². The van der Waals surface area contributed by atoms with Crippen molar-refractivity contribution in [1.29, 1.82) is 0 Å². The van der Waals surface area contributed by atoms with Gasteiger partial charge in [0.25, 0.3) is 0 Å². The molecule has 0 atom stereocenters. The van der Waals surface area contributed by atoms with Gasteiger partial charge in [0.2, 0.25) is 5.78 Å². The highest BCUT2D eigenvalue weighted by atomic mass is 35.5. The van der Waals surface area contributed by atoms with Crippen LogP contribution in [-0.4, -0.2) is 48.9 Å². The highest BCUT2D eigenvalue weighted by molar-refractivity contribution is 6.34. The zero-order chi connectivity index (χ0) is 18.4. The molecule has 9 heteroatoms. The molecule has 0 fully saturated rings. The van der Waals surface area contributed by atoms with Gasteiger partial charge in [-0.15, -0.1) is 0 Å². The van der Waals surface area contributed by atoms with Gasteiger partial charge in [-0.25, -0.2) is 4.79 Å². The number of anilines is 1. The van der Waals surface area contributed by atoms with Crippen LogP contribution in [0.3, 0.4) is 0 Å². The first kappa shape index (κ1) is 21.5. The van der Waals surface area contributed by atoms with Gasteiger partial charge < -0.3 is 19.9 Å². The van der Waals surface area contributed by atoms with Crippen molar-refractivity contribution in [3.05, 3.63) is 40.0 Å². The van der Waals surface area contributed by atoms with Crippen LogP contribution in [0, 0.1) is 6.92 Å². The average molecular weight is 384 g/mol. The third-order valence-electron chi connectivity index (χ3n) is 3.31. The summed E-state index contributed by atoms with van der Waals surface area (Å²) in [5.41, 5.74) is 6.38. The number of nitrogens with zero attached hydrogens (tertiary/aromatic N) is 1. The van der Waals surface area contributed by atoms with Crippen LogP contribution < -0.4 is 10.5 Å². The van der Waals surface area contributed by atoms with E-state index in [0.29, 0.717) is 24.7 Å². The number of ether oxygens (including phenoxy) is 3. The number of hydrogen-bond donors (Lipinski definition) is 2. The molecule has 0 saturated heterocycles. The molecule has 0 radical (unpaired) electrons. The van der Waals surface area contributed by atoms with Gasteiger partial charge in [0.05, 0.1) is 11.6 Å². The maximum Gasteiger partial charge on any atom is 0.344 e. The highest BCUT2D eigenvalue weighted by Crippen LogP contribution is 2.23. The smallest absolute Gasteiger partial charge is 0.344 e. The molecule has 0 unspecified atom stereocenters. The molecule has 1 heterocycles. The molecule has 2 rings (SSSR count). The van der Waals surface area contributed by atoms with Crippen LogP contribution in [0.4, 0.5) is 5.82 Å². The Kier molecular flexibility index (Phi) is 8.08. The van der Waals surface area contributed by atoms with Crippen molar-refractivity contribution < 1.29 is 23.8 Å². The predicted octanol–water partition coefficient (Wildman–Crippen LogP) is 2.65. The summed E-state index contributed by atoms with van der Waals surface area (Å²) in [6.07, 6.45) is 0. The second-order valence-corrected chi connectivity index (χ2v) is 5.50. The van der Waals surface area contributed by atoms with Gasteiger partial charge in [-0.3, -0.25) is 9.89 Å². The number of aryl methyl sites for hydroxylation is 1. The third kappa shape index (κ3) is 5.21. The number of hydrogen-bond acceptors (Lipinski definition) is 7. The number of H-pyrrole nitrogens is 1. The summed E-state index contributed by atoms with van der Waals surface area (Å²) in [5.74, 6) is -0.641. The first-order chi connectivity index (χ1) is 11.9. The zero-order valence-corrected chi connectivity index (χ0v) is 14.6. The number of methoxy groups -OCH3 is 1. The number of nitrogens with two attached hydrogens (primary N) is 1. The maximum atomic E-state index is 12.2. The number of aromatic nitrogens is 2. The third-order valence-corrected chi connectivity index (χ3v) is 3.62. The van der Waals surface area contributed by atoms with Gasteiger partial charge in [-0.1, -0.05) is 19.0 Å². The topological polar surface area (TPSA) is 117 Å². The minimum atomic E-state index is -0.729. The number of rotatable bonds is 8. The van der Waals surface area contributed by atoms with Crippen molar-refractivity contribution in [2.75, 3.05) is 32.7 Å². The molecule has 0 spiro atoms. The highest BCUT2D eigenvalue weighted by Gasteiger charge is 2.20. The van der Waals surface area contributed by atoms with E-state index < -0.39 is 18.4 Å². The summed E-state index contributed by atoms with van der Waals surface area (Å²) in [6.45, 7) is 1.96. The average Bonchev–Trinajstić information content (AvgIpc) is 2.91. The van der Waals surface area contributed by atoms with Crippen LogP contribution in [-0.2, 0) is 9.47 Å². The number of aromatic amines is 1. The molecule has 0 saturated carbocycles. The summed E-state index contributed by atoms with van der Waals surface area (Å²) in [7, 11) is 1.57. The zero-order valence-electron chi connectivity index (χ0n) is 13.8. The number of esters is 1. The Morgan fingerprint density at radius 2 is 2.04 bits per heavy atom. The molecule has 0 bridgehead atoms. The number of carbonyl (C=O) groups excluding carboxylic acids is 2. The van der Waals surface area contributed by atoms with Gasteiger partial charge in [0, 0.05) is 18.4 Å². The van der Waals surface area contributed by atoms with Crippen LogP contribution in [0.1, 0.15) is 33.8 Å². The predicted molar refractivity (Wildman–Crippen MR) is 97.9 cm³/mol. The van der Waals surface area contributed by atoms with Gasteiger partial charge in [-0.2, -0.15) is 5.10 Å². The molecule has 0 amide bonds. The number of ketones is 1. The Hall–Kier alpha value is -2.58. The van der Waals surface area contributed by atoms with Crippen molar-refractivity contribution in [3.8, 4) is 5.75 Å². The maximum absolute atomic E-state index is 12.2. The molecule has 1 aromatic carbocycles. The van der Waals surface area contributed by atoms with E-state index in [-0.39, 0.29) is 29.4 Å². The second kappa shape index (κ2) is 9.79. The fraction of sp³-hybridized carbons (Fsp3) is 0.353. The number of benzene rings is 1. The lowest BCUT2D eigenvalue weighted by molar-refractivity contribution is 0.0475. The lowest BCUT2D eigenvalue weighted by atomic mass is 10.1. The number of Topliss-reactive ketones (excluding diaryl/α,β-unsaturated/α-hetero) is 1. The molecular formula is C17H22ClN3O5. The van der Waals surface area contributed by atoms with E-state index in [1.165, 1.54) is 12.1 Å². The fourth-order valence-electron chi connectivity index (χ4n) is 2.04. The molecule has 1 aromatic heterocycles. The molecule has 142 valence electrons. The van der Waals surface area contributed by atoms with Crippen LogP contribution in [0.15, 0.2) is 18.2 Å². The van der Waals surface area contributed by atoms with E-state index in [0.717, 1.165) is 0 Å². The van der Waals surface area contributed by atoms with Crippen molar-refractivity contribution in [3.63, 3.8) is 0 Å². The van der Waals surface area contributed by atoms with Gasteiger partial charge in [0.15, 0.2) is 12.4 Å². The minimum absolute atomic E-state index is 0.